The van der Waals surface area contributed by atoms with Crippen molar-refractivity contribution in [3.05, 3.63) is 87.3 Å². The van der Waals surface area contributed by atoms with E-state index in [2.05, 4.69) is 15.5 Å². The second kappa shape index (κ2) is 8.85. The van der Waals surface area contributed by atoms with Crippen molar-refractivity contribution >= 4 is 46.1 Å². The van der Waals surface area contributed by atoms with Crippen LogP contribution in [0.2, 0.25) is 0 Å². The van der Waals surface area contributed by atoms with Gasteiger partial charge < -0.3 is 0 Å². The van der Waals surface area contributed by atoms with E-state index in [-0.39, 0.29) is 17.2 Å². The third kappa shape index (κ3) is 4.44. The van der Waals surface area contributed by atoms with Crippen LogP contribution in [0.4, 0.5) is 0 Å². The van der Waals surface area contributed by atoms with Crippen molar-refractivity contribution in [1.29, 1.82) is 0 Å². The van der Waals surface area contributed by atoms with Gasteiger partial charge >= 0.3 is 0 Å². The molecule has 2 aromatic heterocycles. The highest BCUT2D eigenvalue weighted by molar-refractivity contribution is 7.99. The maximum absolute atomic E-state index is 13.1. The summed E-state index contributed by atoms with van der Waals surface area (Å²) in [6.45, 7) is 0. The van der Waals surface area contributed by atoms with Crippen LogP contribution in [0.3, 0.4) is 0 Å². The summed E-state index contributed by atoms with van der Waals surface area (Å²) in [6, 6.07) is 20.3. The van der Waals surface area contributed by atoms with E-state index in [1.807, 2.05) is 60.0 Å². The first-order valence-electron chi connectivity index (χ1n) is 8.78. The van der Waals surface area contributed by atoms with Crippen molar-refractivity contribution in [2.24, 2.45) is 5.10 Å². The van der Waals surface area contributed by atoms with E-state index >= 15 is 0 Å². The third-order valence-corrected chi connectivity index (χ3v) is 5.76. The standard InChI is InChI=1S/C21H16N4O2S2/c26-19(24-22-13-16-9-6-12-28-16)14-29-21-23-18-11-5-4-10-17(18)20(27)25(21)15-7-2-1-3-8-15/h1-13H,14H2,(H,24,26)/b22-13-. The van der Waals surface area contributed by atoms with Crippen molar-refractivity contribution in [2.75, 3.05) is 5.75 Å². The highest BCUT2D eigenvalue weighted by Crippen LogP contribution is 2.21. The molecular formula is C21H16N4O2S2. The van der Waals surface area contributed by atoms with Crippen LogP contribution >= 0.6 is 23.1 Å². The van der Waals surface area contributed by atoms with Gasteiger partial charge in [-0.15, -0.1) is 11.3 Å². The number of aromatic nitrogens is 2. The molecule has 1 amide bonds. The molecule has 0 aliphatic rings. The second-order valence-corrected chi connectivity index (χ2v) is 7.91. The summed E-state index contributed by atoms with van der Waals surface area (Å²) in [5.41, 5.74) is 3.64. The molecule has 6 nitrogen and oxygen atoms in total. The zero-order valence-electron chi connectivity index (χ0n) is 15.2. The molecule has 8 heteroatoms. The highest BCUT2D eigenvalue weighted by atomic mass is 32.2. The van der Waals surface area contributed by atoms with Crippen LogP contribution < -0.4 is 11.0 Å². The summed E-state index contributed by atoms with van der Waals surface area (Å²) < 4.78 is 1.54. The van der Waals surface area contributed by atoms with Gasteiger partial charge in [-0.25, -0.2) is 10.4 Å². The Morgan fingerprint density at radius 2 is 1.90 bits per heavy atom. The van der Waals surface area contributed by atoms with Gasteiger partial charge in [-0.3, -0.25) is 14.2 Å². The van der Waals surface area contributed by atoms with Gasteiger partial charge in [-0.1, -0.05) is 48.2 Å². The Kier molecular flexibility index (Phi) is 5.83. The monoisotopic (exact) mass is 420 g/mol. The zero-order valence-corrected chi connectivity index (χ0v) is 16.8. The molecular weight excluding hydrogens is 404 g/mol. The molecule has 0 spiro atoms. The van der Waals surface area contributed by atoms with E-state index < -0.39 is 0 Å². The number of hydrazone groups is 1. The van der Waals surface area contributed by atoms with Gasteiger partial charge in [0.25, 0.3) is 11.5 Å². The first kappa shape index (κ1) is 19.1. The molecule has 0 bridgehead atoms. The molecule has 144 valence electrons. The van der Waals surface area contributed by atoms with Crippen molar-refractivity contribution < 1.29 is 4.79 Å². The summed E-state index contributed by atoms with van der Waals surface area (Å²) in [5.74, 6) is -0.191. The predicted molar refractivity (Wildman–Crippen MR) is 118 cm³/mol. The molecule has 0 saturated carbocycles. The molecule has 4 rings (SSSR count). The van der Waals surface area contributed by atoms with Gasteiger partial charge in [0.05, 0.1) is 28.6 Å². The Morgan fingerprint density at radius 3 is 2.69 bits per heavy atom. The number of carbonyl (C=O) groups excluding carboxylic acids is 1. The lowest BCUT2D eigenvalue weighted by Gasteiger charge is -2.12. The molecule has 0 aliphatic heterocycles. The number of amides is 1. The van der Waals surface area contributed by atoms with Gasteiger partial charge in [0.1, 0.15) is 0 Å². The Hall–Kier alpha value is -3.23. The SMILES string of the molecule is O=C(CSc1nc2ccccc2c(=O)n1-c1ccccc1)N/N=C\c1cccs1. The Labute approximate surface area is 174 Å². The first-order valence-corrected chi connectivity index (χ1v) is 10.6. The van der Waals surface area contributed by atoms with E-state index in [1.54, 1.807) is 18.3 Å². The van der Waals surface area contributed by atoms with Gasteiger partial charge in [-0.2, -0.15) is 5.10 Å². The van der Waals surface area contributed by atoms with Crippen molar-refractivity contribution in [1.82, 2.24) is 15.0 Å². The van der Waals surface area contributed by atoms with Gasteiger partial charge in [0.2, 0.25) is 0 Å². The number of hydrogen-bond acceptors (Lipinski definition) is 6. The number of rotatable bonds is 6. The predicted octanol–water partition coefficient (Wildman–Crippen LogP) is 3.69. The van der Waals surface area contributed by atoms with Crippen LogP contribution in [0.15, 0.2) is 87.2 Å². The number of benzene rings is 2. The molecule has 29 heavy (non-hydrogen) atoms. The van der Waals surface area contributed by atoms with Crippen molar-refractivity contribution in [3.8, 4) is 5.69 Å². The molecule has 0 fully saturated rings. The van der Waals surface area contributed by atoms with Crippen molar-refractivity contribution in [2.45, 2.75) is 5.16 Å². The average Bonchev–Trinajstić information content (AvgIpc) is 3.26. The molecule has 0 atom stereocenters. The molecule has 2 heterocycles. The lowest BCUT2D eigenvalue weighted by Crippen LogP contribution is -2.24. The number of carbonyl (C=O) groups is 1. The molecule has 0 saturated heterocycles. The van der Waals surface area contributed by atoms with Gasteiger partial charge in [0.15, 0.2) is 5.16 Å². The second-order valence-electron chi connectivity index (χ2n) is 5.98. The third-order valence-electron chi connectivity index (χ3n) is 4.02. The number of nitrogens with zero attached hydrogens (tertiary/aromatic N) is 3. The van der Waals surface area contributed by atoms with E-state index in [4.69, 9.17) is 0 Å². The van der Waals surface area contributed by atoms with Gasteiger partial charge in [-0.05, 0) is 35.7 Å². The minimum atomic E-state index is -0.273. The molecule has 2 aromatic carbocycles. The number of hydrogen-bond donors (Lipinski definition) is 1. The molecule has 4 aromatic rings. The average molecular weight is 421 g/mol. The van der Waals surface area contributed by atoms with E-state index in [0.717, 1.165) is 4.88 Å². The fourth-order valence-electron chi connectivity index (χ4n) is 2.71. The molecule has 1 N–H and O–H groups in total. The minimum Gasteiger partial charge on any atom is -0.272 e. The Morgan fingerprint density at radius 1 is 1.10 bits per heavy atom. The van der Waals surface area contributed by atoms with E-state index in [1.165, 1.54) is 27.7 Å². The summed E-state index contributed by atoms with van der Waals surface area (Å²) in [5, 5.41) is 6.88. The maximum atomic E-state index is 13.1. The number of thiophene rings is 1. The summed E-state index contributed by atoms with van der Waals surface area (Å²) in [6.07, 6.45) is 1.60. The Balaban J connectivity index is 1.59. The minimum absolute atomic E-state index is 0.0827. The molecule has 0 unspecified atom stereocenters. The lowest BCUT2D eigenvalue weighted by molar-refractivity contribution is -0.118. The normalized spacial score (nSPS) is 11.2. The van der Waals surface area contributed by atoms with Crippen LogP contribution in [0, 0.1) is 0 Å². The number of fused-ring (bicyclic) bond motifs is 1. The van der Waals surface area contributed by atoms with Gasteiger partial charge in [0, 0.05) is 4.88 Å². The van der Waals surface area contributed by atoms with Crippen LogP contribution in [0.1, 0.15) is 4.88 Å². The largest absolute Gasteiger partial charge is 0.272 e. The fraction of sp³-hybridized carbons (Fsp3) is 0.0476. The topological polar surface area (TPSA) is 76.3 Å². The summed E-state index contributed by atoms with van der Waals surface area (Å²) in [7, 11) is 0. The number of nitrogens with one attached hydrogen (secondary N) is 1. The van der Waals surface area contributed by atoms with Crippen LogP contribution in [0.5, 0.6) is 0 Å². The van der Waals surface area contributed by atoms with Crippen molar-refractivity contribution in [3.63, 3.8) is 0 Å². The lowest BCUT2D eigenvalue weighted by atomic mass is 10.2. The van der Waals surface area contributed by atoms with E-state index in [0.29, 0.717) is 21.7 Å². The van der Waals surface area contributed by atoms with E-state index in [9.17, 15) is 9.59 Å². The zero-order chi connectivity index (χ0) is 20.1. The smallest absolute Gasteiger partial charge is 0.266 e. The quantitative estimate of drug-likeness (QED) is 0.223. The Bertz CT molecular complexity index is 1220. The number of thioether (sulfide) groups is 1. The molecule has 0 aliphatic carbocycles. The highest BCUT2D eigenvalue weighted by Gasteiger charge is 2.14. The van der Waals surface area contributed by atoms with Crippen LogP contribution in [-0.4, -0.2) is 27.4 Å². The summed E-state index contributed by atoms with van der Waals surface area (Å²) >= 11 is 2.73. The molecule has 0 radical (unpaired) electrons. The van der Waals surface area contributed by atoms with Crippen LogP contribution in [0.25, 0.3) is 16.6 Å². The number of para-hydroxylation sites is 2. The maximum Gasteiger partial charge on any atom is 0.266 e. The fourth-order valence-corrected chi connectivity index (χ4v) is 4.10. The first-order chi connectivity index (χ1) is 14.2. The summed E-state index contributed by atoms with van der Waals surface area (Å²) in [4.78, 5) is 30.8. The van der Waals surface area contributed by atoms with Crippen LogP contribution in [-0.2, 0) is 4.79 Å².